The van der Waals surface area contributed by atoms with Crippen molar-refractivity contribution >= 4 is 0 Å². The summed E-state index contributed by atoms with van der Waals surface area (Å²) >= 11 is 0. The van der Waals surface area contributed by atoms with E-state index in [1.54, 1.807) is 7.11 Å². The van der Waals surface area contributed by atoms with E-state index >= 15 is 0 Å². The average Bonchev–Trinajstić information content (AvgIpc) is 2.53. The van der Waals surface area contributed by atoms with Gasteiger partial charge in [0.05, 0.1) is 13.2 Å². The van der Waals surface area contributed by atoms with Crippen LogP contribution in [-0.2, 0) is 18.9 Å². The minimum absolute atomic E-state index is 0.192. The summed E-state index contributed by atoms with van der Waals surface area (Å²) in [5, 5.41) is 0. The Morgan fingerprint density at radius 2 is 1.32 bits per heavy atom. The predicted molar refractivity (Wildman–Crippen MR) is 90.5 cm³/mol. The van der Waals surface area contributed by atoms with Crippen molar-refractivity contribution in [2.75, 3.05) is 27.1 Å². The molecule has 0 aliphatic carbocycles. The summed E-state index contributed by atoms with van der Waals surface area (Å²) in [6.07, 6.45) is 9.95. The molecule has 0 amide bonds. The van der Waals surface area contributed by atoms with Gasteiger partial charge < -0.3 is 18.9 Å². The zero-order valence-corrected chi connectivity index (χ0v) is 15.1. The molecule has 0 atom stereocenters. The lowest BCUT2D eigenvalue weighted by atomic mass is 10.1. The molecule has 0 aromatic rings. The molecule has 132 valence electrons. The molecule has 0 aromatic heterocycles. The Hall–Kier alpha value is -0.900. The minimum Gasteiger partial charge on any atom is -0.491 e. The molecule has 0 radical (unpaired) electrons. The standard InChI is InChI=1S/C18H36O4/c1-5-8-11-12-13-17(20-14-9-6-2)18(22-16-19-4)21-15-10-7-3/h5-16H2,1-4H3. The third-order valence-electron chi connectivity index (χ3n) is 3.30. The molecule has 0 aliphatic rings. The molecule has 0 fully saturated rings. The van der Waals surface area contributed by atoms with Gasteiger partial charge in [-0.15, -0.1) is 0 Å². The smallest absolute Gasteiger partial charge is 0.321 e. The van der Waals surface area contributed by atoms with Gasteiger partial charge in [0.25, 0.3) is 0 Å². The lowest BCUT2D eigenvalue weighted by Crippen LogP contribution is -2.09. The van der Waals surface area contributed by atoms with E-state index < -0.39 is 0 Å². The van der Waals surface area contributed by atoms with Crippen LogP contribution in [-0.4, -0.2) is 27.1 Å². The minimum atomic E-state index is 0.192. The van der Waals surface area contributed by atoms with Crippen molar-refractivity contribution in [3.05, 3.63) is 11.7 Å². The Balaban J connectivity index is 4.64. The fraction of sp³-hybridized carbons (Fsp3) is 0.889. The van der Waals surface area contributed by atoms with Crippen molar-refractivity contribution < 1.29 is 18.9 Å². The maximum Gasteiger partial charge on any atom is 0.321 e. The van der Waals surface area contributed by atoms with E-state index in [-0.39, 0.29) is 6.79 Å². The zero-order chi connectivity index (χ0) is 16.5. The van der Waals surface area contributed by atoms with Crippen LogP contribution < -0.4 is 0 Å². The Bertz CT molecular complexity index is 264. The molecule has 0 aromatic carbocycles. The van der Waals surface area contributed by atoms with Crippen LogP contribution in [0.3, 0.4) is 0 Å². The number of hydrogen-bond acceptors (Lipinski definition) is 4. The van der Waals surface area contributed by atoms with Crippen molar-refractivity contribution in [1.29, 1.82) is 0 Å². The maximum absolute atomic E-state index is 5.93. The normalized spacial score (nSPS) is 12.0. The lowest BCUT2D eigenvalue weighted by Gasteiger charge is -2.17. The van der Waals surface area contributed by atoms with Crippen LogP contribution in [0.4, 0.5) is 0 Å². The highest BCUT2D eigenvalue weighted by molar-refractivity contribution is 4.95. The topological polar surface area (TPSA) is 36.9 Å². The van der Waals surface area contributed by atoms with E-state index in [0.29, 0.717) is 12.6 Å². The summed E-state index contributed by atoms with van der Waals surface area (Å²) in [4.78, 5) is 0. The van der Waals surface area contributed by atoms with Crippen LogP contribution in [0.2, 0.25) is 0 Å². The summed E-state index contributed by atoms with van der Waals surface area (Å²) in [5.74, 6) is 1.36. The van der Waals surface area contributed by atoms with Crippen molar-refractivity contribution in [2.24, 2.45) is 0 Å². The van der Waals surface area contributed by atoms with Crippen molar-refractivity contribution in [3.8, 4) is 0 Å². The zero-order valence-electron chi connectivity index (χ0n) is 15.1. The molecule has 0 spiro atoms. The van der Waals surface area contributed by atoms with E-state index in [1.807, 2.05) is 0 Å². The van der Waals surface area contributed by atoms with E-state index in [4.69, 9.17) is 18.9 Å². The van der Waals surface area contributed by atoms with E-state index in [9.17, 15) is 0 Å². The maximum atomic E-state index is 5.93. The summed E-state index contributed by atoms with van der Waals surface area (Å²) in [6.45, 7) is 8.09. The van der Waals surface area contributed by atoms with Gasteiger partial charge in [0.15, 0.2) is 12.6 Å². The molecule has 0 bridgehead atoms. The number of allylic oxidation sites excluding steroid dienone is 1. The number of unbranched alkanes of at least 4 members (excludes halogenated alkanes) is 5. The van der Waals surface area contributed by atoms with Crippen LogP contribution in [0.5, 0.6) is 0 Å². The van der Waals surface area contributed by atoms with Crippen LogP contribution in [0.25, 0.3) is 0 Å². The molecular formula is C18H36O4. The Kier molecular flexibility index (Phi) is 15.8. The first-order valence-corrected chi connectivity index (χ1v) is 8.90. The van der Waals surface area contributed by atoms with E-state index in [1.165, 1.54) is 19.3 Å². The molecule has 0 unspecified atom stereocenters. The van der Waals surface area contributed by atoms with E-state index in [2.05, 4.69) is 20.8 Å². The molecular weight excluding hydrogens is 280 g/mol. The van der Waals surface area contributed by atoms with Gasteiger partial charge in [0.2, 0.25) is 0 Å². The summed E-state index contributed by atoms with van der Waals surface area (Å²) < 4.78 is 22.3. The highest BCUT2D eigenvalue weighted by Gasteiger charge is 2.12. The molecule has 4 nitrogen and oxygen atoms in total. The van der Waals surface area contributed by atoms with Gasteiger partial charge in [-0.05, 0) is 19.3 Å². The summed E-state index contributed by atoms with van der Waals surface area (Å²) in [6, 6.07) is 0. The van der Waals surface area contributed by atoms with Gasteiger partial charge in [-0.25, -0.2) is 0 Å². The fourth-order valence-corrected chi connectivity index (χ4v) is 1.91. The van der Waals surface area contributed by atoms with E-state index in [0.717, 1.165) is 50.9 Å². The van der Waals surface area contributed by atoms with Crippen LogP contribution in [0.1, 0.15) is 78.6 Å². The quantitative estimate of drug-likeness (QED) is 0.218. The highest BCUT2D eigenvalue weighted by Crippen LogP contribution is 2.19. The van der Waals surface area contributed by atoms with Gasteiger partial charge in [-0.2, -0.15) is 0 Å². The molecule has 0 saturated carbocycles. The molecule has 22 heavy (non-hydrogen) atoms. The number of hydrogen-bond donors (Lipinski definition) is 0. The molecule has 4 heteroatoms. The Morgan fingerprint density at radius 1 is 0.682 bits per heavy atom. The molecule has 0 heterocycles. The second-order valence-electron chi connectivity index (χ2n) is 5.48. The van der Waals surface area contributed by atoms with Crippen molar-refractivity contribution in [3.63, 3.8) is 0 Å². The monoisotopic (exact) mass is 316 g/mol. The van der Waals surface area contributed by atoms with Crippen LogP contribution >= 0.6 is 0 Å². The van der Waals surface area contributed by atoms with Crippen molar-refractivity contribution in [1.82, 2.24) is 0 Å². The summed E-state index contributed by atoms with van der Waals surface area (Å²) in [5.41, 5.74) is 0. The predicted octanol–water partition coefficient (Wildman–Crippen LogP) is 5.38. The second kappa shape index (κ2) is 16.5. The van der Waals surface area contributed by atoms with Crippen LogP contribution in [0.15, 0.2) is 11.7 Å². The average molecular weight is 316 g/mol. The number of ether oxygens (including phenoxy) is 4. The third-order valence-corrected chi connectivity index (χ3v) is 3.30. The third kappa shape index (κ3) is 11.7. The molecule has 0 aliphatic heterocycles. The van der Waals surface area contributed by atoms with Crippen molar-refractivity contribution in [2.45, 2.75) is 78.6 Å². The molecule has 0 rings (SSSR count). The molecule has 0 N–H and O–H groups in total. The van der Waals surface area contributed by atoms with Crippen LogP contribution in [0, 0.1) is 0 Å². The largest absolute Gasteiger partial charge is 0.491 e. The SMILES string of the molecule is CCCCCCC(OCCCC)=C(OCCCC)OCOC. The van der Waals surface area contributed by atoms with Gasteiger partial charge in [-0.1, -0.05) is 52.9 Å². The highest BCUT2D eigenvalue weighted by atomic mass is 16.7. The van der Waals surface area contributed by atoms with Gasteiger partial charge >= 0.3 is 5.95 Å². The Morgan fingerprint density at radius 3 is 1.91 bits per heavy atom. The molecule has 0 saturated heterocycles. The van der Waals surface area contributed by atoms with Gasteiger partial charge in [0, 0.05) is 13.5 Å². The second-order valence-corrected chi connectivity index (χ2v) is 5.48. The lowest BCUT2D eigenvalue weighted by molar-refractivity contribution is -0.0690. The fourth-order valence-electron chi connectivity index (χ4n) is 1.91. The Labute approximate surface area is 137 Å². The number of rotatable bonds is 16. The number of methoxy groups -OCH3 is 1. The first-order valence-electron chi connectivity index (χ1n) is 8.90. The van der Waals surface area contributed by atoms with Gasteiger partial charge in [-0.3, -0.25) is 0 Å². The first kappa shape index (κ1) is 21.1. The first-order chi connectivity index (χ1) is 10.8. The summed E-state index contributed by atoms with van der Waals surface area (Å²) in [7, 11) is 1.61. The van der Waals surface area contributed by atoms with Gasteiger partial charge in [0.1, 0.15) is 0 Å².